The van der Waals surface area contributed by atoms with Gasteiger partial charge in [-0.05, 0) is 18.2 Å². The van der Waals surface area contributed by atoms with Crippen LogP contribution in [0.15, 0.2) is 35.7 Å². The lowest BCUT2D eigenvalue weighted by molar-refractivity contribution is 0.598. The fraction of sp³-hybridized carbons (Fsp3) is 0.0909. The van der Waals surface area contributed by atoms with E-state index < -0.39 is 10.0 Å². The SMILES string of the molecule is Cn1cnc(S(=O)(=O)Nc2ccc3cn[nH]c3c2)c1Cl. The van der Waals surface area contributed by atoms with Crippen molar-refractivity contribution in [3.05, 3.63) is 35.9 Å². The van der Waals surface area contributed by atoms with Crippen molar-refractivity contribution in [2.24, 2.45) is 7.05 Å². The number of aromatic amines is 1. The van der Waals surface area contributed by atoms with Gasteiger partial charge in [-0.15, -0.1) is 0 Å². The molecule has 3 aromatic rings. The molecule has 0 saturated heterocycles. The van der Waals surface area contributed by atoms with Crippen molar-refractivity contribution in [1.82, 2.24) is 19.7 Å². The second kappa shape index (κ2) is 4.50. The Bertz CT molecular complexity index is 883. The van der Waals surface area contributed by atoms with Gasteiger partial charge < -0.3 is 4.57 Å². The molecule has 0 spiro atoms. The lowest BCUT2D eigenvalue weighted by Gasteiger charge is -2.06. The van der Waals surface area contributed by atoms with Crippen molar-refractivity contribution in [2.75, 3.05) is 4.72 Å². The van der Waals surface area contributed by atoms with Crippen LogP contribution in [-0.2, 0) is 17.1 Å². The number of nitrogens with one attached hydrogen (secondary N) is 2. The third-order valence-electron chi connectivity index (χ3n) is 2.78. The number of aromatic nitrogens is 4. The fourth-order valence-corrected chi connectivity index (χ4v) is 3.26. The second-order valence-corrected chi connectivity index (χ2v) is 6.18. The van der Waals surface area contributed by atoms with Gasteiger partial charge in [-0.2, -0.15) is 13.5 Å². The summed E-state index contributed by atoms with van der Waals surface area (Å²) in [5.41, 5.74) is 1.14. The number of fused-ring (bicyclic) bond motifs is 1. The summed E-state index contributed by atoms with van der Waals surface area (Å²) in [5, 5.41) is 7.39. The maximum Gasteiger partial charge on any atom is 0.282 e. The average molecular weight is 312 g/mol. The molecule has 0 radical (unpaired) electrons. The van der Waals surface area contributed by atoms with Crippen molar-refractivity contribution in [2.45, 2.75) is 5.03 Å². The summed E-state index contributed by atoms with van der Waals surface area (Å²) < 4.78 is 28.3. The molecule has 2 N–H and O–H groups in total. The first-order valence-corrected chi connectivity index (χ1v) is 7.46. The molecule has 0 aliphatic carbocycles. The number of aryl methyl sites for hydroxylation is 1. The zero-order valence-electron chi connectivity index (χ0n) is 10.3. The highest BCUT2D eigenvalue weighted by Crippen LogP contribution is 2.23. The van der Waals surface area contributed by atoms with Gasteiger partial charge in [-0.3, -0.25) is 9.82 Å². The van der Waals surface area contributed by atoms with Crippen LogP contribution in [-0.4, -0.2) is 28.2 Å². The molecule has 0 amide bonds. The van der Waals surface area contributed by atoms with Gasteiger partial charge in [-0.1, -0.05) is 11.6 Å². The first-order chi connectivity index (χ1) is 9.47. The van der Waals surface area contributed by atoms with Gasteiger partial charge >= 0.3 is 0 Å². The van der Waals surface area contributed by atoms with Gasteiger partial charge in [-0.25, -0.2) is 4.98 Å². The first-order valence-electron chi connectivity index (χ1n) is 5.60. The molecule has 9 heteroatoms. The minimum atomic E-state index is -3.82. The monoisotopic (exact) mass is 311 g/mol. The first kappa shape index (κ1) is 12.9. The van der Waals surface area contributed by atoms with Crippen molar-refractivity contribution in [1.29, 1.82) is 0 Å². The fourth-order valence-electron chi connectivity index (χ4n) is 1.78. The number of hydrogen-bond donors (Lipinski definition) is 2. The molecule has 0 aliphatic heterocycles. The predicted octanol–water partition coefficient (Wildman–Crippen LogP) is 1.75. The van der Waals surface area contributed by atoms with Crippen LogP contribution < -0.4 is 4.72 Å². The normalized spacial score (nSPS) is 11.9. The largest absolute Gasteiger partial charge is 0.324 e. The topological polar surface area (TPSA) is 92.7 Å². The molecule has 0 fully saturated rings. The second-order valence-electron chi connectivity index (χ2n) is 4.23. The summed E-state index contributed by atoms with van der Waals surface area (Å²) in [5.74, 6) is 0. The van der Waals surface area contributed by atoms with Crippen molar-refractivity contribution < 1.29 is 8.42 Å². The van der Waals surface area contributed by atoms with E-state index in [1.165, 1.54) is 10.9 Å². The Morgan fingerprint density at radius 3 is 2.90 bits per heavy atom. The van der Waals surface area contributed by atoms with Crippen LogP contribution >= 0.6 is 11.6 Å². The van der Waals surface area contributed by atoms with Crippen LogP contribution in [0.25, 0.3) is 10.9 Å². The van der Waals surface area contributed by atoms with E-state index in [1.54, 1.807) is 31.4 Å². The maximum atomic E-state index is 12.2. The third-order valence-corrected chi connectivity index (χ3v) is 4.65. The zero-order valence-corrected chi connectivity index (χ0v) is 11.9. The van der Waals surface area contributed by atoms with Crippen LogP contribution in [0.3, 0.4) is 0 Å². The zero-order chi connectivity index (χ0) is 14.3. The maximum absolute atomic E-state index is 12.2. The quantitative estimate of drug-likeness (QED) is 0.770. The van der Waals surface area contributed by atoms with Gasteiger partial charge in [0.2, 0.25) is 5.03 Å². The molecule has 0 unspecified atom stereocenters. The Kier molecular flexibility index (Phi) is 2.91. The highest BCUT2D eigenvalue weighted by molar-refractivity contribution is 7.92. The molecule has 0 bridgehead atoms. The van der Waals surface area contributed by atoms with E-state index in [0.29, 0.717) is 5.69 Å². The van der Waals surface area contributed by atoms with E-state index in [0.717, 1.165) is 10.9 Å². The standard InChI is InChI=1S/C11H10ClN5O2S/c1-17-6-13-11(10(17)12)20(18,19)16-8-3-2-7-5-14-15-9(7)4-8/h2-6,16H,1H3,(H,14,15). The van der Waals surface area contributed by atoms with E-state index in [1.807, 2.05) is 0 Å². The number of anilines is 1. The molecule has 1 aromatic carbocycles. The Hall–Kier alpha value is -2.06. The van der Waals surface area contributed by atoms with Gasteiger partial charge in [0.15, 0.2) is 0 Å². The highest BCUT2D eigenvalue weighted by atomic mass is 35.5. The Morgan fingerprint density at radius 1 is 1.40 bits per heavy atom. The smallest absolute Gasteiger partial charge is 0.282 e. The van der Waals surface area contributed by atoms with Crippen molar-refractivity contribution in [3.8, 4) is 0 Å². The molecule has 2 aromatic heterocycles. The van der Waals surface area contributed by atoms with Gasteiger partial charge in [0, 0.05) is 12.4 Å². The van der Waals surface area contributed by atoms with Gasteiger partial charge in [0.05, 0.1) is 23.7 Å². The number of imidazole rings is 1. The van der Waals surface area contributed by atoms with E-state index in [9.17, 15) is 8.42 Å². The Labute approximate surface area is 119 Å². The van der Waals surface area contributed by atoms with Crippen molar-refractivity contribution >= 4 is 38.2 Å². The third kappa shape index (κ3) is 2.12. The summed E-state index contributed by atoms with van der Waals surface area (Å²) in [6, 6.07) is 5.06. The average Bonchev–Trinajstić information content (AvgIpc) is 2.97. The van der Waals surface area contributed by atoms with E-state index >= 15 is 0 Å². The Morgan fingerprint density at radius 2 is 2.20 bits per heavy atom. The molecular formula is C11H10ClN5O2S. The number of hydrogen-bond acceptors (Lipinski definition) is 4. The highest BCUT2D eigenvalue weighted by Gasteiger charge is 2.22. The molecule has 0 atom stereocenters. The molecule has 0 saturated carbocycles. The molecule has 2 heterocycles. The summed E-state index contributed by atoms with van der Waals surface area (Å²) in [4.78, 5) is 3.80. The van der Waals surface area contributed by atoms with Crippen LogP contribution in [0.5, 0.6) is 0 Å². The molecule has 7 nitrogen and oxygen atoms in total. The number of nitrogens with zero attached hydrogens (tertiary/aromatic N) is 3. The van der Waals surface area contributed by atoms with Crippen molar-refractivity contribution in [3.63, 3.8) is 0 Å². The number of H-pyrrole nitrogens is 1. The minimum Gasteiger partial charge on any atom is -0.324 e. The molecule has 0 aliphatic rings. The molecule has 20 heavy (non-hydrogen) atoms. The lowest BCUT2D eigenvalue weighted by atomic mass is 10.2. The number of sulfonamides is 1. The molecule has 104 valence electrons. The van der Waals surface area contributed by atoms with Crippen LogP contribution in [0, 0.1) is 0 Å². The summed E-state index contributed by atoms with van der Waals surface area (Å²) in [6.45, 7) is 0. The van der Waals surface area contributed by atoms with Crippen LogP contribution in [0.2, 0.25) is 5.15 Å². The van der Waals surface area contributed by atoms with E-state index in [2.05, 4.69) is 19.9 Å². The summed E-state index contributed by atoms with van der Waals surface area (Å²) in [7, 11) is -2.21. The molecule has 3 rings (SSSR count). The summed E-state index contributed by atoms with van der Waals surface area (Å²) >= 11 is 5.90. The summed E-state index contributed by atoms with van der Waals surface area (Å²) in [6.07, 6.45) is 3.00. The number of rotatable bonds is 3. The van der Waals surface area contributed by atoms with Crippen LogP contribution in [0.1, 0.15) is 0 Å². The van der Waals surface area contributed by atoms with Crippen LogP contribution in [0.4, 0.5) is 5.69 Å². The van der Waals surface area contributed by atoms with Gasteiger partial charge in [0.1, 0.15) is 5.15 Å². The Balaban J connectivity index is 1.98. The number of halogens is 1. The van der Waals surface area contributed by atoms with E-state index in [4.69, 9.17) is 11.6 Å². The molecular weight excluding hydrogens is 302 g/mol. The number of benzene rings is 1. The van der Waals surface area contributed by atoms with E-state index in [-0.39, 0.29) is 10.2 Å². The lowest BCUT2D eigenvalue weighted by Crippen LogP contribution is -2.14. The predicted molar refractivity (Wildman–Crippen MR) is 75.1 cm³/mol. The van der Waals surface area contributed by atoms with Gasteiger partial charge in [0.25, 0.3) is 10.0 Å². The minimum absolute atomic E-state index is 0.0557.